The Hall–Kier alpha value is -0.0951. The van der Waals surface area contributed by atoms with Crippen LogP contribution < -0.4 is 5.73 Å². The molecule has 1 rings (SSSR count). The minimum Gasteiger partial charge on any atom is -0.427 e. The van der Waals surface area contributed by atoms with Crippen molar-refractivity contribution < 1.29 is 10.0 Å². The van der Waals surface area contributed by atoms with Crippen LogP contribution in [0.3, 0.4) is 0 Å². The summed E-state index contributed by atoms with van der Waals surface area (Å²) < 4.78 is 0. The van der Waals surface area contributed by atoms with Gasteiger partial charge >= 0.3 is 7.12 Å². The Morgan fingerprint density at radius 1 is 1.35 bits per heavy atom. The summed E-state index contributed by atoms with van der Waals surface area (Å²) in [5.41, 5.74) is 6.06. The largest absolute Gasteiger partial charge is 0.451 e. The van der Waals surface area contributed by atoms with Gasteiger partial charge in [0.15, 0.2) is 0 Å². The predicted octanol–water partition coefficient (Wildman–Crippen LogP) is 0.831. The first-order valence-electron chi connectivity index (χ1n) is 6.95. The Labute approximate surface area is 105 Å². The monoisotopic (exact) mass is 242 g/mol. The summed E-state index contributed by atoms with van der Waals surface area (Å²) in [6.45, 7) is 4.64. The van der Waals surface area contributed by atoms with Crippen LogP contribution in [0.5, 0.6) is 0 Å². The maximum atomic E-state index is 8.71. The van der Waals surface area contributed by atoms with Gasteiger partial charge in [-0.1, -0.05) is 12.8 Å². The van der Waals surface area contributed by atoms with E-state index in [1.807, 2.05) is 0 Å². The van der Waals surface area contributed by atoms with Gasteiger partial charge in [-0.05, 0) is 52.0 Å². The molecule has 0 aliphatic carbocycles. The molecule has 17 heavy (non-hydrogen) atoms. The molecule has 5 heteroatoms. The predicted molar refractivity (Wildman–Crippen MR) is 71.7 cm³/mol. The average molecular weight is 242 g/mol. The molecule has 1 saturated heterocycles. The molecule has 1 unspecified atom stereocenters. The number of likely N-dealkylation sites (tertiary alicyclic amines) is 1. The zero-order chi connectivity index (χ0) is 12.7. The number of hydrogen-bond acceptors (Lipinski definition) is 4. The molecule has 0 aromatic heterocycles. The molecule has 1 fully saturated rings. The van der Waals surface area contributed by atoms with Gasteiger partial charge in [-0.3, -0.25) is 0 Å². The molecule has 0 saturated carbocycles. The minimum atomic E-state index is -1.16. The van der Waals surface area contributed by atoms with Crippen molar-refractivity contribution in [3.05, 3.63) is 0 Å². The maximum Gasteiger partial charge on any atom is 0.451 e. The lowest BCUT2D eigenvalue weighted by atomic mass is 9.83. The molecule has 1 aliphatic heterocycles. The topological polar surface area (TPSA) is 69.7 Å². The van der Waals surface area contributed by atoms with Crippen LogP contribution in [-0.2, 0) is 0 Å². The second kappa shape index (κ2) is 8.09. The third-order valence-corrected chi connectivity index (χ3v) is 3.76. The molecule has 0 spiro atoms. The number of nitrogens with two attached hydrogens (primary N) is 1. The van der Waals surface area contributed by atoms with Crippen molar-refractivity contribution in [3.63, 3.8) is 0 Å². The summed E-state index contributed by atoms with van der Waals surface area (Å²) in [5, 5.41) is 17.4. The highest BCUT2D eigenvalue weighted by molar-refractivity contribution is 6.40. The van der Waals surface area contributed by atoms with Gasteiger partial charge in [0.25, 0.3) is 0 Å². The van der Waals surface area contributed by atoms with Gasteiger partial charge in [0.1, 0.15) is 0 Å². The fraction of sp³-hybridized carbons (Fsp3) is 1.00. The molecule has 0 aromatic rings. The highest BCUT2D eigenvalue weighted by atomic mass is 16.4. The molecule has 0 radical (unpaired) electrons. The minimum absolute atomic E-state index is 0.263. The van der Waals surface area contributed by atoms with E-state index in [9.17, 15) is 0 Å². The van der Waals surface area contributed by atoms with Gasteiger partial charge in [-0.15, -0.1) is 0 Å². The number of unbranched alkanes of at least 4 members (excludes halogenated alkanes) is 1. The fourth-order valence-electron chi connectivity index (χ4n) is 2.53. The van der Waals surface area contributed by atoms with Crippen molar-refractivity contribution >= 4 is 7.12 Å². The van der Waals surface area contributed by atoms with Crippen molar-refractivity contribution in [2.24, 2.45) is 5.73 Å². The summed E-state index contributed by atoms with van der Waals surface area (Å²) in [6.07, 6.45) is 7.02. The van der Waals surface area contributed by atoms with Crippen LogP contribution >= 0.6 is 0 Å². The average Bonchev–Trinajstić information content (AvgIpc) is 2.67. The molecular formula is C12H27BN2O2. The van der Waals surface area contributed by atoms with Gasteiger partial charge < -0.3 is 20.7 Å². The standard InChI is InChI=1S/C12H27BN2O2/c1-11-5-4-9-15(11)10-7-12(14)6-2-3-8-13(16)17/h11-12,16-17H,2-10,14H2,1H3/t11-,12?/m0/s1. The SMILES string of the molecule is C[C@H]1CCCN1CCC(N)CCCCB(O)O. The lowest BCUT2D eigenvalue weighted by Crippen LogP contribution is -2.32. The van der Waals surface area contributed by atoms with E-state index in [-0.39, 0.29) is 6.04 Å². The molecule has 4 nitrogen and oxygen atoms in total. The smallest absolute Gasteiger partial charge is 0.427 e. The second-order valence-corrected chi connectivity index (χ2v) is 5.34. The maximum absolute atomic E-state index is 8.71. The van der Waals surface area contributed by atoms with E-state index in [4.69, 9.17) is 15.8 Å². The van der Waals surface area contributed by atoms with E-state index in [0.717, 1.165) is 38.3 Å². The zero-order valence-corrected chi connectivity index (χ0v) is 11.0. The highest BCUT2D eigenvalue weighted by Gasteiger charge is 2.20. The Bertz CT molecular complexity index is 205. The lowest BCUT2D eigenvalue weighted by Gasteiger charge is -2.22. The number of nitrogens with zero attached hydrogens (tertiary/aromatic N) is 1. The van der Waals surface area contributed by atoms with Crippen LogP contribution in [0.2, 0.25) is 6.32 Å². The van der Waals surface area contributed by atoms with Crippen molar-refractivity contribution in [1.29, 1.82) is 0 Å². The molecule has 1 heterocycles. The molecule has 4 N–H and O–H groups in total. The van der Waals surface area contributed by atoms with Gasteiger partial charge in [-0.2, -0.15) is 0 Å². The first kappa shape index (κ1) is 15.0. The van der Waals surface area contributed by atoms with Crippen LogP contribution in [0.25, 0.3) is 0 Å². The van der Waals surface area contributed by atoms with Crippen molar-refractivity contribution in [1.82, 2.24) is 4.90 Å². The summed E-state index contributed by atoms with van der Waals surface area (Å²) >= 11 is 0. The van der Waals surface area contributed by atoms with E-state index in [1.165, 1.54) is 19.4 Å². The molecule has 1 aliphatic rings. The Morgan fingerprint density at radius 2 is 2.12 bits per heavy atom. The third kappa shape index (κ3) is 6.41. The molecule has 0 aromatic carbocycles. The van der Waals surface area contributed by atoms with Crippen molar-refractivity contribution in [2.45, 2.75) is 63.9 Å². The zero-order valence-electron chi connectivity index (χ0n) is 11.0. The highest BCUT2D eigenvalue weighted by Crippen LogP contribution is 2.17. The van der Waals surface area contributed by atoms with E-state index >= 15 is 0 Å². The van der Waals surface area contributed by atoms with E-state index < -0.39 is 7.12 Å². The van der Waals surface area contributed by atoms with E-state index in [2.05, 4.69) is 11.8 Å². The van der Waals surface area contributed by atoms with Crippen molar-refractivity contribution in [2.75, 3.05) is 13.1 Å². The van der Waals surface area contributed by atoms with Gasteiger partial charge in [0, 0.05) is 12.1 Å². The van der Waals surface area contributed by atoms with Gasteiger partial charge in [0.2, 0.25) is 0 Å². The normalized spacial score (nSPS) is 22.9. The summed E-state index contributed by atoms with van der Waals surface area (Å²) in [6, 6.07) is 0.991. The van der Waals surface area contributed by atoms with E-state index in [1.54, 1.807) is 0 Å². The Balaban J connectivity index is 1.99. The Kier molecular flexibility index (Phi) is 7.12. The van der Waals surface area contributed by atoms with Crippen LogP contribution in [0.1, 0.15) is 45.4 Å². The van der Waals surface area contributed by atoms with Crippen LogP contribution in [-0.4, -0.2) is 47.2 Å². The molecule has 100 valence electrons. The second-order valence-electron chi connectivity index (χ2n) is 5.34. The van der Waals surface area contributed by atoms with Gasteiger partial charge in [0.05, 0.1) is 0 Å². The van der Waals surface area contributed by atoms with Gasteiger partial charge in [-0.25, -0.2) is 0 Å². The quantitative estimate of drug-likeness (QED) is 0.435. The first-order valence-corrected chi connectivity index (χ1v) is 6.95. The van der Waals surface area contributed by atoms with Crippen LogP contribution in [0.15, 0.2) is 0 Å². The third-order valence-electron chi connectivity index (χ3n) is 3.76. The molecule has 0 bridgehead atoms. The molecule has 0 amide bonds. The molecule has 2 atom stereocenters. The lowest BCUT2D eigenvalue weighted by molar-refractivity contribution is 0.255. The number of rotatable bonds is 8. The molecular weight excluding hydrogens is 215 g/mol. The van der Waals surface area contributed by atoms with Crippen molar-refractivity contribution in [3.8, 4) is 0 Å². The summed E-state index contributed by atoms with van der Waals surface area (Å²) in [5.74, 6) is 0. The van der Waals surface area contributed by atoms with Crippen LogP contribution in [0.4, 0.5) is 0 Å². The number of hydrogen-bond donors (Lipinski definition) is 3. The fourth-order valence-corrected chi connectivity index (χ4v) is 2.53. The summed E-state index contributed by atoms with van der Waals surface area (Å²) in [7, 11) is -1.16. The first-order chi connectivity index (χ1) is 8.09. The Morgan fingerprint density at radius 3 is 2.71 bits per heavy atom. The van der Waals surface area contributed by atoms with E-state index in [0.29, 0.717) is 6.32 Å². The summed E-state index contributed by atoms with van der Waals surface area (Å²) in [4.78, 5) is 2.53. The van der Waals surface area contributed by atoms with Crippen LogP contribution in [0, 0.1) is 0 Å².